The molecule has 2 nitrogen and oxygen atoms in total. The van der Waals surface area contributed by atoms with Gasteiger partial charge in [-0.3, -0.25) is 0 Å². The summed E-state index contributed by atoms with van der Waals surface area (Å²) >= 11 is 5.02. The fourth-order valence-electron chi connectivity index (χ4n) is 1.36. The molecule has 0 radical (unpaired) electrons. The SMILES string of the molecule is CC(C)C(C)CNc1ccccc1C(N)=S. The third-order valence-electron chi connectivity index (χ3n) is 2.95. The summed E-state index contributed by atoms with van der Waals surface area (Å²) < 4.78 is 0. The zero-order valence-corrected chi connectivity index (χ0v) is 11.0. The van der Waals surface area contributed by atoms with Crippen LogP contribution in [0.4, 0.5) is 5.69 Å². The minimum Gasteiger partial charge on any atom is -0.389 e. The highest BCUT2D eigenvalue weighted by atomic mass is 32.1. The Balaban J connectivity index is 2.70. The highest BCUT2D eigenvalue weighted by Gasteiger charge is 2.08. The summed E-state index contributed by atoms with van der Waals surface area (Å²) in [7, 11) is 0. The number of hydrogen-bond acceptors (Lipinski definition) is 2. The summed E-state index contributed by atoms with van der Waals surface area (Å²) in [5, 5.41) is 3.41. The summed E-state index contributed by atoms with van der Waals surface area (Å²) in [6.45, 7) is 7.63. The lowest BCUT2D eigenvalue weighted by Gasteiger charge is -2.18. The molecule has 16 heavy (non-hydrogen) atoms. The van der Waals surface area contributed by atoms with Crippen LogP contribution < -0.4 is 11.1 Å². The standard InChI is InChI=1S/C13H20N2S/c1-9(2)10(3)8-15-12-7-5-4-6-11(12)13(14)16/h4-7,9-10,15H,8H2,1-3H3,(H2,14,16). The van der Waals surface area contributed by atoms with Gasteiger partial charge in [0.2, 0.25) is 0 Å². The average molecular weight is 236 g/mol. The molecule has 0 aliphatic heterocycles. The minimum absolute atomic E-state index is 0.445. The van der Waals surface area contributed by atoms with Crippen molar-refractivity contribution in [3.8, 4) is 0 Å². The van der Waals surface area contributed by atoms with Gasteiger partial charge in [0.25, 0.3) is 0 Å². The van der Waals surface area contributed by atoms with Crippen molar-refractivity contribution in [2.24, 2.45) is 17.6 Å². The molecule has 3 heteroatoms. The maximum absolute atomic E-state index is 5.67. The van der Waals surface area contributed by atoms with Crippen molar-refractivity contribution in [1.29, 1.82) is 0 Å². The van der Waals surface area contributed by atoms with Crippen LogP contribution in [0.25, 0.3) is 0 Å². The second-order valence-corrected chi connectivity index (χ2v) is 4.95. The van der Waals surface area contributed by atoms with Crippen LogP contribution in [-0.2, 0) is 0 Å². The van der Waals surface area contributed by atoms with Crippen LogP contribution in [0.2, 0.25) is 0 Å². The first-order valence-corrected chi connectivity index (χ1v) is 6.06. The predicted molar refractivity (Wildman–Crippen MR) is 74.8 cm³/mol. The molecule has 1 aromatic carbocycles. The minimum atomic E-state index is 0.445. The molecule has 1 aromatic rings. The summed E-state index contributed by atoms with van der Waals surface area (Å²) in [5.74, 6) is 1.30. The van der Waals surface area contributed by atoms with Crippen LogP contribution in [0.15, 0.2) is 24.3 Å². The Kier molecular flexibility index (Phi) is 4.74. The van der Waals surface area contributed by atoms with Gasteiger partial charge in [-0.25, -0.2) is 0 Å². The van der Waals surface area contributed by atoms with Crippen LogP contribution in [-0.4, -0.2) is 11.5 Å². The van der Waals surface area contributed by atoms with E-state index in [1.165, 1.54) is 0 Å². The molecule has 0 aliphatic carbocycles. The van der Waals surface area contributed by atoms with E-state index < -0.39 is 0 Å². The van der Waals surface area contributed by atoms with Crippen molar-refractivity contribution < 1.29 is 0 Å². The Morgan fingerprint density at radius 2 is 1.94 bits per heavy atom. The Bertz CT molecular complexity index is 361. The molecule has 3 N–H and O–H groups in total. The van der Waals surface area contributed by atoms with Gasteiger partial charge < -0.3 is 11.1 Å². The van der Waals surface area contributed by atoms with Crippen molar-refractivity contribution in [3.63, 3.8) is 0 Å². The van der Waals surface area contributed by atoms with Crippen molar-refractivity contribution in [2.75, 3.05) is 11.9 Å². The number of benzene rings is 1. The largest absolute Gasteiger partial charge is 0.389 e. The molecule has 0 heterocycles. The zero-order valence-electron chi connectivity index (χ0n) is 10.2. The lowest BCUT2D eigenvalue weighted by molar-refractivity contribution is 0.440. The van der Waals surface area contributed by atoms with Gasteiger partial charge in [0, 0.05) is 17.8 Å². The van der Waals surface area contributed by atoms with E-state index >= 15 is 0 Å². The molecule has 0 saturated carbocycles. The first-order chi connectivity index (χ1) is 7.52. The van der Waals surface area contributed by atoms with E-state index in [9.17, 15) is 0 Å². The third kappa shape index (κ3) is 3.49. The monoisotopic (exact) mass is 236 g/mol. The van der Waals surface area contributed by atoms with Crippen LogP contribution in [0.1, 0.15) is 26.3 Å². The number of para-hydroxylation sites is 1. The number of anilines is 1. The number of nitrogens with one attached hydrogen (secondary N) is 1. The second-order valence-electron chi connectivity index (χ2n) is 4.51. The second kappa shape index (κ2) is 5.85. The van der Waals surface area contributed by atoms with Gasteiger partial charge in [0.05, 0.1) is 0 Å². The highest BCUT2D eigenvalue weighted by molar-refractivity contribution is 7.80. The van der Waals surface area contributed by atoms with E-state index in [1.54, 1.807) is 0 Å². The van der Waals surface area contributed by atoms with Crippen molar-refractivity contribution in [2.45, 2.75) is 20.8 Å². The first kappa shape index (κ1) is 13.0. The maximum Gasteiger partial charge on any atom is 0.106 e. The molecule has 0 bridgehead atoms. The highest BCUT2D eigenvalue weighted by Crippen LogP contribution is 2.17. The molecule has 1 unspecified atom stereocenters. The van der Waals surface area contributed by atoms with Crippen LogP contribution in [0, 0.1) is 11.8 Å². The van der Waals surface area contributed by atoms with Crippen molar-refractivity contribution in [1.82, 2.24) is 0 Å². The molecule has 0 spiro atoms. The van der Waals surface area contributed by atoms with Gasteiger partial charge in [-0.05, 0) is 24.0 Å². The fraction of sp³-hybridized carbons (Fsp3) is 0.462. The number of nitrogens with two attached hydrogens (primary N) is 1. The van der Waals surface area contributed by atoms with E-state index in [0.29, 0.717) is 16.8 Å². The Hall–Kier alpha value is -1.09. The van der Waals surface area contributed by atoms with Gasteiger partial charge in [-0.15, -0.1) is 0 Å². The number of thiocarbonyl (C=S) groups is 1. The lowest BCUT2D eigenvalue weighted by atomic mass is 9.98. The topological polar surface area (TPSA) is 38.0 Å². The smallest absolute Gasteiger partial charge is 0.106 e. The van der Waals surface area contributed by atoms with E-state index in [-0.39, 0.29) is 0 Å². The summed E-state index contributed by atoms with van der Waals surface area (Å²) in [4.78, 5) is 0.445. The van der Waals surface area contributed by atoms with Gasteiger partial charge >= 0.3 is 0 Å². The molecule has 1 rings (SSSR count). The van der Waals surface area contributed by atoms with Crippen LogP contribution in [0.5, 0.6) is 0 Å². The number of hydrogen-bond donors (Lipinski definition) is 2. The third-order valence-corrected chi connectivity index (χ3v) is 3.16. The molecule has 0 aromatic heterocycles. The maximum atomic E-state index is 5.67. The molecule has 88 valence electrons. The molecule has 0 fully saturated rings. The van der Waals surface area contributed by atoms with Crippen LogP contribution in [0.3, 0.4) is 0 Å². The first-order valence-electron chi connectivity index (χ1n) is 5.65. The van der Waals surface area contributed by atoms with E-state index in [0.717, 1.165) is 17.8 Å². The van der Waals surface area contributed by atoms with Gasteiger partial charge in [0.15, 0.2) is 0 Å². The Morgan fingerprint density at radius 1 is 1.31 bits per heavy atom. The zero-order chi connectivity index (χ0) is 12.1. The molecular formula is C13H20N2S. The summed E-state index contributed by atoms with van der Waals surface area (Å²) in [6, 6.07) is 7.90. The fourth-order valence-corrected chi connectivity index (χ4v) is 1.54. The number of rotatable bonds is 5. The van der Waals surface area contributed by atoms with Crippen molar-refractivity contribution >= 4 is 22.9 Å². The summed E-state index contributed by atoms with van der Waals surface area (Å²) in [6.07, 6.45) is 0. The molecular weight excluding hydrogens is 216 g/mol. The molecule has 1 atom stereocenters. The van der Waals surface area contributed by atoms with E-state index in [1.807, 2.05) is 24.3 Å². The predicted octanol–water partition coefficient (Wildman–Crippen LogP) is 3.02. The van der Waals surface area contributed by atoms with E-state index in [4.69, 9.17) is 18.0 Å². The Morgan fingerprint density at radius 3 is 2.50 bits per heavy atom. The lowest BCUT2D eigenvalue weighted by Crippen LogP contribution is -2.19. The quantitative estimate of drug-likeness (QED) is 0.772. The molecule has 0 saturated heterocycles. The van der Waals surface area contributed by atoms with Gasteiger partial charge in [0.1, 0.15) is 4.99 Å². The van der Waals surface area contributed by atoms with Gasteiger partial charge in [-0.2, -0.15) is 0 Å². The summed E-state index contributed by atoms with van der Waals surface area (Å²) in [5.41, 5.74) is 7.63. The Labute approximate surface area is 103 Å². The van der Waals surface area contributed by atoms with E-state index in [2.05, 4.69) is 26.1 Å². The molecule has 0 amide bonds. The molecule has 0 aliphatic rings. The normalized spacial score (nSPS) is 12.5. The van der Waals surface area contributed by atoms with Gasteiger partial charge in [-0.1, -0.05) is 45.1 Å². The van der Waals surface area contributed by atoms with Crippen LogP contribution >= 0.6 is 12.2 Å². The average Bonchev–Trinajstić information content (AvgIpc) is 2.25. The van der Waals surface area contributed by atoms with Crippen molar-refractivity contribution in [3.05, 3.63) is 29.8 Å².